The van der Waals surface area contributed by atoms with Crippen molar-refractivity contribution in [2.24, 2.45) is 11.7 Å². The van der Waals surface area contributed by atoms with Crippen molar-refractivity contribution < 1.29 is 9.53 Å². The van der Waals surface area contributed by atoms with Crippen LogP contribution in [0.25, 0.3) is 0 Å². The molecule has 15 heavy (non-hydrogen) atoms. The molecular formula is C10H14N2O2S. The molecule has 3 N–H and O–H groups in total. The van der Waals surface area contributed by atoms with Crippen molar-refractivity contribution in [3.63, 3.8) is 0 Å². The van der Waals surface area contributed by atoms with Crippen LogP contribution >= 0.6 is 11.3 Å². The molecule has 2 heterocycles. The summed E-state index contributed by atoms with van der Waals surface area (Å²) < 4.78 is 5.14. The average molecular weight is 226 g/mol. The molecule has 2 rings (SSSR count). The third-order valence-electron chi connectivity index (χ3n) is 2.51. The summed E-state index contributed by atoms with van der Waals surface area (Å²) in [5, 5.41) is 6.88. The maximum absolute atomic E-state index is 11.7. The van der Waals surface area contributed by atoms with Crippen LogP contribution in [0, 0.1) is 5.92 Å². The lowest BCUT2D eigenvalue weighted by molar-refractivity contribution is -0.125. The van der Waals surface area contributed by atoms with Crippen molar-refractivity contribution in [1.29, 1.82) is 0 Å². The van der Waals surface area contributed by atoms with Gasteiger partial charge in [0.15, 0.2) is 0 Å². The van der Waals surface area contributed by atoms with E-state index in [-0.39, 0.29) is 17.9 Å². The van der Waals surface area contributed by atoms with E-state index in [1.54, 1.807) is 11.3 Å². The lowest BCUT2D eigenvalue weighted by Crippen LogP contribution is -2.40. The smallest absolute Gasteiger partial charge is 0.227 e. The molecule has 4 nitrogen and oxygen atoms in total. The summed E-state index contributed by atoms with van der Waals surface area (Å²) in [5.41, 5.74) is 6.87. The lowest BCUT2D eigenvalue weighted by atomic mass is 10.0. The summed E-state index contributed by atoms with van der Waals surface area (Å²) in [6.45, 7) is 1.50. The second-order valence-corrected chi connectivity index (χ2v) is 4.44. The number of ether oxygens (including phenoxy) is 1. The van der Waals surface area contributed by atoms with Crippen LogP contribution in [0.5, 0.6) is 0 Å². The number of carbonyl (C=O) groups excluding carboxylic acids is 1. The van der Waals surface area contributed by atoms with Crippen LogP contribution in [0.2, 0.25) is 0 Å². The molecule has 0 aromatic carbocycles. The Morgan fingerprint density at radius 3 is 3.13 bits per heavy atom. The van der Waals surface area contributed by atoms with Gasteiger partial charge in [0.05, 0.1) is 19.1 Å². The Labute approximate surface area is 92.4 Å². The second kappa shape index (κ2) is 4.74. The molecule has 2 unspecified atom stereocenters. The first-order valence-electron chi connectivity index (χ1n) is 4.89. The maximum Gasteiger partial charge on any atom is 0.227 e. The first-order valence-corrected chi connectivity index (χ1v) is 5.84. The van der Waals surface area contributed by atoms with E-state index in [4.69, 9.17) is 10.5 Å². The van der Waals surface area contributed by atoms with E-state index in [2.05, 4.69) is 5.32 Å². The normalized spacial score (nSPS) is 25.4. The summed E-state index contributed by atoms with van der Waals surface area (Å²) in [4.78, 5) is 11.7. The van der Waals surface area contributed by atoms with Crippen LogP contribution in [0.15, 0.2) is 16.8 Å². The first kappa shape index (κ1) is 10.6. The van der Waals surface area contributed by atoms with Crippen molar-refractivity contribution in [3.8, 4) is 0 Å². The summed E-state index contributed by atoms with van der Waals surface area (Å²) in [7, 11) is 0. The number of hydrogen-bond acceptors (Lipinski definition) is 4. The van der Waals surface area contributed by atoms with Gasteiger partial charge in [-0.1, -0.05) is 0 Å². The molecule has 0 saturated carbocycles. The van der Waals surface area contributed by atoms with Crippen LogP contribution in [0.4, 0.5) is 0 Å². The molecular weight excluding hydrogens is 212 g/mol. The van der Waals surface area contributed by atoms with Gasteiger partial charge in [0.25, 0.3) is 0 Å². The minimum Gasteiger partial charge on any atom is -0.379 e. The molecule has 1 amide bonds. The zero-order chi connectivity index (χ0) is 10.7. The third-order valence-corrected chi connectivity index (χ3v) is 3.24. The Kier molecular flexibility index (Phi) is 3.35. The molecule has 0 radical (unpaired) electrons. The molecule has 0 spiro atoms. The van der Waals surface area contributed by atoms with Gasteiger partial charge in [0.2, 0.25) is 5.91 Å². The van der Waals surface area contributed by atoms with Crippen molar-refractivity contribution in [2.75, 3.05) is 13.2 Å². The molecule has 0 bridgehead atoms. The molecule has 1 saturated heterocycles. The predicted octanol–water partition coefficient (Wildman–Crippen LogP) is 0.338. The van der Waals surface area contributed by atoms with E-state index in [1.165, 1.54) is 0 Å². The standard InChI is InChI=1S/C10H14N2O2S/c11-9-5-14-4-8(9)10(13)12-3-7-1-2-15-6-7/h1-2,6,8-9H,3-5,11H2,(H,12,13). The molecule has 1 fully saturated rings. The largest absolute Gasteiger partial charge is 0.379 e. The van der Waals surface area contributed by atoms with Gasteiger partial charge in [-0.15, -0.1) is 0 Å². The fraction of sp³-hybridized carbons (Fsp3) is 0.500. The SMILES string of the molecule is NC1COCC1C(=O)NCc1ccsc1. The zero-order valence-electron chi connectivity index (χ0n) is 8.31. The highest BCUT2D eigenvalue weighted by atomic mass is 32.1. The monoisotopic (exact) mass is 226 g/mol. The molecule has 1 aliphatic rings. The molecule has 1 aromatic heterocycles. The van der Waals surface area contributed by atoms with Gasteiger partial charge in [0, 0.05) is 12.6 Å². The minimum absolute atomic E-state index is 0.00815. The number of thiophene rings is 1. The molecule has 5 heteroatoms. The topological polar surface area (TPSA) is 64.3 Å². The fourth-order valence-corrected chi connectivity index (χ4v) is 2.22. The third kappa shape index (κ3) is 2.56. The number of nitrogens with one attached hydrogen (secondary N) is 1. The van der Waals surface area contributed by atoms with Crippen LogP contribution in [0.3, 0.4) is 0 Å². The number of hydrogen-bond donors (Lipinski definition) is 2. The number of carbonyl (C=O) groups is 1. The Hall–Kier alpha value is -0.910. The highest BCUT2D eigenvalue weighted by Crippen LogP contribution is 2.12. The van der Waals surface area contributed by atoms with E-state index in [1.807, 2.05) is 16.8 Å². The highest BCUT2D eigenvalue weighted by Gasteiger charge is 2.30. The molecule has 1 aliphatic heterocycles. The van der Waals surface area contributed by atoms with Gasteiger partial charge in [0.1, 0.15) is 0 Å². The summed E-state index contributed by atoms with van der Waals surface area (Å²) in [6, 6.07) is 1.84. The van der Waals surface area contributed by atoms with Gasteiger partial charge >= 0.3 is 0 Å². The van der Waals surface area contributed by atoms with Gasteiger partial charge in [-0.2, -0.15) is 11.3 Å². The van der Waals surface area contributed by atoms with Crippen molar-refractivity contribution in [2.45, 2.75) is 12.6 Å². The Morgan fingerprint density at radius 1 is 1.67 bits per heavy atom. The Morgan fingerprint density at radius 2 is 2.53 bits per heavy atom. The van der Waals surface area contributed by atoms with Crippen LogP contribution in [-0.2, 0) is 16.1 Å². The summed E-state index contributed by atoms with van der Waals surface area (Å²) >= 11 is 1.62. The van der Waals surface area contributed by atoms with E-state index in [9.17, 15) is 4.79 Å². The summed E-state index contributed by atoms with van der Waals surface area (Å²) in [6.07, 6.45) is 0. The molecule has 1 aromatic rings. The average Bonchev–Trinajstić information content (AvgIpc) is 2.84. The quantitative estimate of drug-likeness (QED) is 0.781. The van der Waals surface area contributed by atoms with Crippen molar-refractivity contribution in [1.82, 2.24) is 5.32 Å². The van der Waals surface area contributed by atoms with E-state index in [0.29, 0.717) is 19.8 Å². The summed E-state index contributed by atoms with van der Waals surface area (Å²) in [5.74, 6) is -0.199. The van der Waals surface area contributed by atoms with Gasteiger partial charge in [-0.3, -0.25) is 4.79 Å². The van der Waals surface area contributed by atoms with E-state index in [0.717, 1.165) is 5.56 Å². The van der Waals surface area contributed by atoms with Gasteiger partial charge in [-0.25, -0.2) is 0 Å². The predicted molar refractivity (Wildman–Crippen MR) is 58.5 cm³/mol. The van der Waals surface area contributed by atoms with Gasteiger partial charge in [-0.05, 0) is 22.4 Å². The molecule has 2 atom stereocenters. The maximum atomic E-state index is 11.7. The van der Waals surface area contributed by atoms with Crippen LogP contribution < -0.4 is 11.1 Å². The van der Waals surface area contributed by atoms with Crippen molar-refractivity contribution >= 4 is 17.2 Å². The Bertz CT molecular complexity index is 326. The Balaban J connectivity index is 1.82. The minimum atomic E-state index is -0.191. The van der Waals surface area contributed by atoms with Crippen LogP contribution in [-0.4, -0.2) is 25.2 Å². The van der Waals surface area contributed by atoms with Gasteiger partial charge < -0.3 is 15.8 Å². The van der Waals surface area contributed by atoms with E-state index < -0.39 is 0 Å². The van der Waals surface area contributed by atoms with Crippen LogP contribution in [0.1, 0.15) is 5.56 Å². The highest BCUT2D eigenvalue weighted by molar-refractivity contribution is 7.07. The molecule has 0 aliphatic carbocycles. The number of rotatable bonds is 3. The van der Waals surface area contributed by atoms with E-state index >= 15 is 0 Å². The zero-order valence-corrected chi connectivity index (χ0v) is 9.13. The molecule has 82 valence electrons. The lowest BCUT2D eigenvalue weighted by Gasteiger charge is -2.12. The number of amides is 1. The first-order chi connectivity index (χ1) is 7.27. The fourth-order valence-electron chi connectivity index (χ4n) is 1.55. The second-order valence-electron chi connectivity index (χ2n) is 3.66. The van der Waals surface area contributed by atoms with Crippen molar-refractivity contribution in [3.05, 3.63) is 22.4 Å². The number of nitrogens with two attached hydrogens (primary N) is 1.